The van der Waals surface area contributed by atoms with Gasteiger partial charge in [0, 0.05) is 11.8 Å². The van der Waals surface area contributed by atoms with Gasteiger partial charge in [-0.25, -0.2) is 4.79 Å². The largest absolute Gasteiger partial charge is 0.508 e. The summed E-state index contributed by atoms with van der Waals surface area (Å²) >= 11 is 0. The van der Waals surface area contributed by atoms with Crippen molar-refractivity contribution in [1.82, 2.24) is 10.5 Å². The first-order valence-electron chi connectivity index (χ1n) is 8.49. The lowest BCUT2D eigenvalue weighted by Crippen LogP contribution is -2.43. The number of hydrogen-bond acceptors (Lipinski definition) is 5. The summed E-state index contributed by atoms with van der Waals surface area (Å²) in [6.07, 6.45) is 0.0361. The Morgan fingerprint density at radius 1 is 1.19 bits per heavy atom. The standard InChI is InChI=1S/C20H20N2O5/c1-11-7-12(2)19-15(8-11)16(22-27-19)10-18(24)21-17(20(25)26)9-13-3-5-14(23)6-4-13/h3-8,17,23H,9-10H2,1-2H3,(H,21,24)(H,25,26). The molecule has 0 aliphatic carbocycles. The molecule has 27 heavy (non-hydrogen) atoms. The van der Waals surface area contributed by atoms with Crippen LogP contribution < -0.4 is 5.32 Å². The second-order valence-corrected chi connectivity index (χ2v) is 6.59. The minimum absolute atomic E-state index is 0.0742. The molecule has 7 nitrogen and oxygen atoms in total. The van der Waals surface area contributed by atoms with E-state index in [0.717, 1.165) is 16.5 Å². The van der Waals surface area contributed by atoms with Crippen molar-refractivity contribution in [2.45, 2.75) is 32.7 Å². The number of aromatic nitrogens is 1. The minimum Gasteiger partial charge on any atom is -0.508 e. The molecule has 0 saturated carbocycles. The van der Waals surface area contributed by atoms with Crippen molar-refractivity contribution >= 4 is 22.8 Å². The zero-order chi connectivity index (χ0) is 19.6. The molecule has 0 fully saturated rings. The summed E-state index contributed by atoms with van der Waals surface area (Å²) in [6.45, 7) is 3.85. The maximum absolute atomic E-state index is 12.4. The second-order valence-electron chi connectivity index (χ2n) is 6.59. The number of nitrogens with one attached hydrogen (secondary N) is 1. The molecule has 0 radical (unpaired) electrons. The SMILES string of the molecule is Cc1cc(C)c2onc(CC(=O)NC(Cc3ccc(O)cc3)C(=O)O)c2c1. The normalized spacial score (nSPS) is 12.1. The van der Waals surface area contributed by atoms with Crippen LogP contribution in [-0.2, 0) is 22.4 Å². The molecule has 0 aliphatic rings. The van der Waals surface area contributed by atoms with Crippen molar-refractivity contribution in [1.29, 1.82) is 0 Å². The fraction of sp³-hybridized carbons (Fsp3) is 0.250. The van der Waals surface area contributed by atoms with Crippen LogP contribution in [0.25, 0.3) is 11.0 Å². The number of phenols is 1. The van der Waals surface area contributed by atoms with Gasteiger partial charge in [0.25, 0.3) is 0 Å². The van der Waals surface area contributed by atoms with E-state index in [4.69, 9.17) is 4.52 Å². The Morgan fingerprint density at radius 2 is 1.89 bits per heavy atom. The Bertz CT molecular complexity index is 992. The average Bonchev–Trinajstić information content (AvgIpc) is 2.99. The molecular formula is C20H20N2O5. The number of aromatic hydroxyl groups is 1. The molecule has 1 unspecified atom stereocenters. The summed E-state index contributed by atoms with van der Waals surface area (Å²) in [5.41, 5.74) is 3.75. The van der Waals surface area contributed by atoms with Crippen LogP contribution in [0.5, 0.6) is 5.75 Å². The smallest absolute Gasteiger partial charge is 0.326 e. The van der Waals surface area contributed by atoms with Crippen LogP contribution in [-0.4, -0.2) is 33.3 Å². The molecule has 1 aromatic heterocycles. The first-order chi connectivity index (χ1) is 12.8. The summed E-state index contributed by atoms with van der Waals surface area (Å²) in [7, 11) is 0. The van der Waals surface area contributed by atoms with Crippen LogP contribution in [0, 0.1) is 13.8 Å². The number of carboxylic acid groups (broad SMARTS) is 1. The van der Waals surface area contributed by atoms with Gasteiger partial charge in [0.15, 0.2) is 5.58 Å². The van der Waals surface area contributed by atoms with E-state index >= 15 is 0 Å². The highest BCUT2D eigenvalue weighted by atomic mass is 16.5. The highest BCUT2D eigenvalue weighted by Gasteiger charge is 2.22. The van der Waals surface area contributed by atoms with Crippen molar-refractivity contribution in [2.75, 3.05) is 0 Å². The molecule has 3 aromatic rings. The predicted octanol–water partition coefficient (Wildman–Crippen LogP) is 2.50. The van der Waals surface area contributed by atoms with Gasteiger partial charge >= 0.3 is 5.97 Å². The average molecular weight is 368 g/mol. The monoisotopic (exact) mass is 368 g/mol. The summed E-state index contributed by atoms with van der Waals surface area (Å²) < 4.78 is 5.32. The number of aliphatic carboxylic acids is 1. The zero-order valence-corrected chi connectivity index (χ0v) is 15.0. The summed E-state index contributed by atoms with van der Waals surface area (Å²) in [5, 5.41) is 26.0. The Morgan fingerprint density at radius 3 is 2.56 bits per heavy atom. The maximum atomic E-state index is 12.4. The lowest BCUT2D eigenvalue weighted by atomic mass is 10.0. The van der Waals surface area contributed by atoms with Gasteiger partial charge in [-0.2, -0.15) is 0 Å². The number of fused-ring (bicyclic) bond motifs is 1. The van der Waals surface area contributed by atoms with E-state index in [-0.39, 0.29) is 18.6 Å². The minimum atomic E-state index is -1.13. The van der Waals surface area contributed by atoms with E-state index in [2.05, 4.69) is 10.5 Å². The van der Waals surface area contributed by atoms with E-state index in [0.29, 0.717) is 16.8 Å². The zero-order valence-electron chi connectivity index (χ0n) is 15.0. The van der Waals surface area contributed by atoms with Crippen LogP contribution >= 0.6 is 0 Å². The van der Waals surface area contributed by atoms with Crippen molar-refractivity contribution in [3.05, 3.63) is 58.8 Å². The lowest BCUT2D eigenvalue weighted by molar-refractivity contribution is -0.141. The number of benzene rings is 2. The number of aryl methyl sites for hydroxylation is 2. The number of carbonyl (C=O) groups excluding carboxylic acids is 1. The summed E-state index contributed by atoms with van der Waals surface area (Å²) in [6, 6.07) is 8.97. The third kappa shape index (κ3) is 4.25. The number of amides is 1. The molecule has 3 rings (SSSR count). The first kappa shape index (κ1) is 18.4. The van der Waals surface area contributed by atoms with E-state index in [1.807, 2.05) is 26.0 Å². The van der Waals surface area contributed by atoms with E-state index in [9.17, 15) is 19.8 Å². The molecular weight excluding hydrogens is 348 g/mol. The Labute approximate surface area is 155 Å². The number of phenolic OH excluding ortho intramolecular Hbond substituents is 1. The lowest BCUT2D eigenvalue weighted by Gasteiger charge is -2.14. The van der Waals surface area contributed by atoms with Crippen LogP contribution in [0.3, 0.4) is 0 Å². The van der Waals surface area contributed by atoms with Gasteiger partial charge in [0.2, 0.25) is 5.91 Å². The number of carboxylic acids is 1. The van der Waals surface area contributed by atoms with Crippen molar-refractivity contribution in [2.24, 2.45) is 0 Å². The number of hydrogen-bond donors (Lipinski definition) is 3. The molecule has 0 spiro atoms. The molecule has 1 heterocycles. The van der Waals surface area contributed by atoms with E-state index in [1.165, 1.54) is 12.1 Å². The fourth-order valence-electron chi connectivity index (χ4n) is 3.03. The highest BCUT2D eigenvalue weighted by Crippen LogP contribution is 2.24. The third-order valence-corrected chi connectivity index (χ3v) is 4.31. The predicted molar refractivity (Wildman–Crippen MR) is 98.6 cm³/mol. The third-order valence-electron chi connectivity index (χ3n) is 4.31. The summed E-state index contributed by atoms with van der Waals surface area (Å²) in [4.78, 5) is 23.9. The number of rotatable bonds is 6. The van der Waals surface area contributed by atoms with Crippen LogP contribution in [0.15, 0.2) is 40.9 Å². The molecule has 7 heteroatoms. The molecule has 3 N–H and O–H groups in total. The van der Waals surface area contributed by atoms with Crippen LogP contribution in [0.1, 0.15) is 22.4 Å². The second kappa shape index (κ2) is 7.49. The van der Waals surface area contributed by atoms with Crippen molar-refractivity contribution in [3.8, 4) is 5.75 Å². The maximum Gasteiger partial charge on any atom is 0.326 e. The van der Waals surface area contributed by atoms with Gasteiger partial charge < -0.3 is 20.1 Å². The van der Waals surface area contributed by atoms with Crippen molar-refractivity contribution in [3.63, 3.8) is 0 Å². The van der Waals surface area contributed by atoms with Gasteiger partial charge in [-0.15, -0.1) is 0 Å². The fourth-order valence-corrected chi connectivity index (χ4v) is 3.03. The van der Waals surface area contributed by atoms with Gasteiger partial charge in [-0.05, 0) is 48.7 Å². The molecule has 1 amide bonds. The van der Waals surface area contributed by atoms with Gasteiger partial charge in [-0.3, -0.25) is 4.79 Å². The molecule has 0 bridgehead atoms. The van der Waals surface area contributed by atoms with E-state index in [1.54, 1.807) is 12.1 Å². The molecule has 140 valence electrons. The topological polar surface area (TPSA) is 113 Å². The molecule has 1 atom stereocenters. The van der Waals surface area contributed by atoms with Crippen molar-refractivity contribution < 1.29 is 24.3 Å². The summed E-state index contributed by atoms with van der Waals surface area (Å²) in [5.74, 6) is -1.48. The quantitative estimate of drug-likeness (QED) is 0.616. The van der Waals surface area contributed by atoms with Gasteiger partial charge in [0.05, 0.1) is 6.42 Å². The molecule has 0 saturated heterocycles. The molecule has 2 aromatic carbocycles. The van der Waals surface area contributed by atoms with Crippen LogP contribution in [0.4, 0.5) is 0 Å². The number of nitrogens with zero attached hydrogens (tertiary/aromatic N) is 1. The van der Waals surface area contributed by atoms with E-state index < -0.39 is 17.9 Å². The van der Waals surface area contributed by atoms with Gasteiger partial charge in [0.1, 0.15) is 17.5 Å². The highest BCUT2D eigenvalue weighted by molar-refractivity contribution is 5.90. The first-order valence-corrected chi connectivity index (χ1v) is 8.49. The molecule has 0 aliphatic heterocycles. The Balaban J connectivity index is 1.73. The van der Waals surface area contributed by atoms with Gasteiger partial charge in [-0.1, -0.05) is 23.4 Å². The number of carbonyl (C=O) groups is 2. The Kier molecular flexibility index (Phi) is 5.12. The Hall–Kier alpha value is -3.35. The van der Waals surface area contributed by atoms with Crippen LogP contribution in [0.2, 0.25) is 0 Å².